The number of likely N-dealkylation sites (tertiary alicyclic amines) is 1. The number of rotatable bonds is 4. The molecule has 2 aliphatic heterocycles. The topological polar surface area (TPSA) is 61.8 Å². The second-order valence-corrected chi connectivity index (χ2v) is 5.66. The summed E-state index contributed by atoms with van der Waals surface area (Å²) < 4.78 is 5.14. The fourth-order valence-corrected chi connectivity index (χ4v) is 3.34. The molecule has 2 atom stereocenters. The summed E-state index contributed by atoms with van der Waals surface area (Å²) in [6.45, 7) is 1.68. The van der Waals surface area contributed by atoms with E-state index in [4.69, 9.17) is 4.74 Å². The number of aliphatic hydroxyl groups is 1. The maximum absolute atomic E-state index is 11.4. The molecular weight excluding hydrogens is 256 g/mol. The zero-order chi connectivity index (χ0) is 14.2. The number of aliphatic hydroxyl groups excluding tert-OH is 1. The average molecular weight is 276 g/mol. The van der Waals surface area contributed by atoms with E-state index in [1.807, 2.05) is 24.3 Å². The molecule has 0 radical (unpaired) electrons. The quantitative estimate of drug-likeness (QED) is 0.841. The van der Waals surface area contributed by atoms with E-state index in [1.54, 1.807) is 7.11 Å². The number of hydrogen-bond donors (Lipinski definition) is 2. The first-order valence-electron chi connectivity index (χ1n) is 6.96. The number of amides is 1. The predicted molar refractivity (Wildman–Crippen MR) is 74.4 cm³/mol. The maximum Gasteiger partial charge on any atom is 0.220 e. The van der Waals surface area contributed by atoms with Crippen molar-refractivity contribution in [3.63, 3.8) is 0 Å². The van der Waals surface area contributed by atoms with Gasteiger partial charge in [0.05, 0.1) is 25.3 Å². The zero-order valence-corrected chi connectivity index (χ0v) is 11.6. The minimum absolute atomic E-state index is 0.0241. The molecule has 2 fully saturated rings. The maximum atomic E-state index is 11.4. The molecule has 0 aromatic heterocycles. The lowest BCUT2D eigenvalue weighted by molar-refractivity contribution is -0.123. The first kappa shape index (κ1) is 13.4. The van der Waals surface area contributed by atoms with Gasteiger partial charge in [0.1, 0.15) is 5.75 Å². The van der Waals surface area contributed by atoms with Gasteiger partial charge in [-0.25, -0.2) is 0 Å². The normalized spacial score (nSPS) is 29.3. The minimum Gasteiger partial charge on any atom is -0.497 e. The van der Waals surface area contributed by atoms with Crippen molar-refractivity contribution in [2.24, 2.45) is 0 Å². The highest BCUT2D eigenvalue weighted by Gasteiger charge is 2.55. The summed E-state index contributed by atoms with van der Waals surface area (Å²) in [5.74, 6) is 0.947. The van der Waals surface area contributed by atoms with E-state index >= 15 is 0 Å². The highest BCUT2D eigenvalue weighted by molar-refractivity contribution is 5.80. The van der Waals surface area contributed by atoms with E-state index in [-0.39, 0.29) is 24.1 Å². The molecule has 5 nitrogen and oxygen atoms in total. The summed E-state index contributed by atoms with van der Waals surface area (Å²) in [6.07, 6.45) is 1.41. The second-order valence-electron chi connectivity index (χ2n) is 5.66. The van der Waals surface area contributed by atoms with Crippen LogP contribution in [0.5, 0.6) is 5.75 Å². The molecule has 3 rings (SSSR count). The van der Waals surface area contributed by atoms with Gasteiger partial charge < -0.3 is 15.2 Å². The number of carbonyl (C=O) groups excluding carboxylic acids is 1. The van der Waals surface area contributed by atoms with Crippen LogP contribution in [0.4, 0.5) is 0 Å². The summed E-state index contributed by atoms with van der Waals surface area (Å²) in [6, 6.07) is 7.97. The van der Waals surface area contributed by atoms with Gasteiger partial charge in [0.25, 0.3) is 0 Å². The molecular formula is C15H20N2O3. The smallest absolute Gasteiger partial charge is 0.220 e. The third kappa shape index (κ3) is 2.17. The van der Waals surface area contributed by atoms with Crippen LogP contribution in [0.2, 0.25) is 0 Å². The van der Waals surface area contributed by atoms with E-state index in [2.05, 4.69) is 10.2 Å². The van der Waals surface area contributed by atoms with Gasteiger partial charge in [0, 0.05) is 19.5 Å². The third-order valence-corrected chi connectivity index (χ3v) is 4.47. The molecule has 2 heterocycles. The number of benzene rings is 1. The van der Waals surface area contributed by atoms with Crippen molar-refractivity contribution in [2.75, 3.05) is 20.3 Å². The van der Waals surface area contributed by atoms with Crippen LogP contribution in [-0.2, 0) is 11.3 Å². The molecule has 1 aromatic rings. The number of ether oxygens (including phenoxy) is 1. The van der Waals surface area contributed by atoms with E-state index in [0.29, 0.717) is 6.42 Å². The van der Waals surface area contributed by atoms with E-state index in [0.717, 1.165) is 25.3 Å². The van der Waals surface area contributed by atoms with Crippen molar-refractivity contribution in [2.45, 2.75) is 31.0 Å². The minimum atomic E-state index is -0.196. The van der Waals surface area contributed by atoms with Crippen molar-refractivity contribution < 1.29 is 14.6 Å². The fraction of sp³-hybridized carbons (Fsp3) is 0.533. The molecule has 2 unspecified atom stereocenters. The second kappa shape index (κ2) is 5.07. The summed E-state index contributed by atoms with van der Waals surface area (Å²) in [5.41, 5.74) is 0.988. The molecule has 108 valence electrons. The van der Waals surface area contributed by atoms with Crippen LogP contribution in [0.1, 0.15) is 18.4 Å². The van der Waals surface area contributed by atoms with Crippen LogP contribution < -0.4 is 10.1 Å². The molecule has 1 amide bonds. The fourth-order valence-electron chi connectivity index (χ4n) is 3.34. The van der Waals surface area contributed by atoms with Gasteiger partial charge in [-0.3, -0.25) is 9.69 Å². The summed E-state index contributed by atoms with van der Waals surface area (Å²) in [7, 11) is 1.65. The molecule has 0 bridgehead atoms. The Hall–Kier alpha value is -1.59. The summed E-state index contributed by atoms with van der Waals surface area (Å²) >= 11 is 0. The van der Waals surface area contributed by atoms with Gasteiger partial charge in [-0.2, -0.15) is 0 Å². The van der Waals surface area contributed by atoms with E-state index in [1.165, 1.54) is 5.56 Å². The predicted octanol–water partition coefficient (Wildman–Crippen LogP) is 0.520. The third-order valence-electron chi connectivity index (χ3n) is 4.47. The van der Waals surface area contributed by atoms with E-state index in [9.17, 15) is 9.90 Å². The van der Waals surface area contributed by atoms with Crippen molar-refractivity contribution in [1.82, 2.24) is 10.2 Å². The molecule has 0 saturated carbocycles. The molecule has 1 aromatic carbocycles. The molecule has 0 aliphatic carbocycles. The van der Waals surface area contributed by atoms with Gasteiger partial charge in [-0.1, -0.05) is 12.1 Å². The Bertz CT molecular complexity index is 502. The Labute approximate surface area is 118 Å². The Morgan fingerprint density at radius 2 is 2.20 bits per heavy atom. The monoisotopic (exact) mass is 276 g/mol. The summed E-state index contributed by atoms with van der Waals surface area (Å²) in [4.78, 5) is 13.6. The largest absolute Gasteiger partial charge is 0.497 e. The lowest BCUT2D eigenvalue weighted by Gasteiger charge is -2.55. The van der Waals surface area contributed by atoms with Gasteiger partial charge in [0.15, 0.2) is 0 Å². The highest BCUT2D eigenvalue weighted by atomic mass is 16.5. The highest BCUT2D eigenvalue weighted by Crippen LogP contribution is 2.37. The van der Waals surface area contributed by atoms with Crippen molar-refractivity contribution in [1.29, 1.82) is 0 Å². The standard InChI is InChI=1S/C15H20N2O3/c1-20-12-4-2-11(3-5-12)8-17-10-15(13(17)9-18)7-6-14(19)16-15/h2-5,13,18H,6-10H2,1H3,(H,16,19). The van der Waals surface area contributed by atoms with Gasteiger partial charge in [-0.05, 0) is 24.1 Å². The number of nitrogens with zero attached hydrogens (tertiary/aromatic N) is 1. The molecule has 5 heteroatoms. The van der Waals surface area contributed by atoms with Crippen LogP contribution in [0.15, 0.2) is 24.3 Å². The van der Waals surface area contributed by atoms with Crippen molar-refractivity contribution in [3.8, 4) is 5.75 Å². The van der Waals surface area contributed by atoms with Crippen LogP contribution in [-0.4, -0.2) is 47.8 Å². The number of methoxy groups -OCH3 is 1. The first-order chi connectivity index (χ1) is 9.66. The zero-order valence-electron chi connectivity index (χ0n) is 11.6. The SMILES string of the molecule is COc1ccc(CN2CC3(CCC(=O)N3)C2CO)cc1. The van der Waals surface area contributed by atoms with Gasteiger partial charge in [0.2, 0.25) is 5.91 Å². The van der Waals surface area contributed by atoms with Crippen molar-refractivity contribution >= 4 is 5.91 Å². The Morgan fingerprint density at radius 1 is 1.45 bits per heavy atom. The Morgan fingerprint density at radius 3 is 2.75 bits per heavy atom. The number of nitrogens with one attached hydrogen (secondary N) is 1. The number of hydrogen-bond acceptors (Lipinski definition) is 4. The van der Waals surface area contributed by atoms with Crippen LogP contribution in [0, 0.1) is 0 Å². The lowest BCUT2D eigenvalue weighted by atomic mass is 9.78. The van der Waals surface area contributed by atoms with E-state index < -0.39 is 0 Å². The lowest BCUT2D eigenvalue weighted by Crippen LogP contribution is -2.74. The van der Waals surface area contributed by atoms with Gasteiger partial charge in [-0.15, -0.1) is 0 Å². The summed E-state index contributed by atoms with van der Waals surface area (Å²) in [5, 5.41) is 12.7. The molecule has 2 saturated heterocycles. The van der Waals surface area contributed by atoms with Crippen molar-refractivity contribution in [3.05, 3.63) is 29.8 Å². The van der Waals surface area contributed by atoms with Gasteiger partial charge >= 0.3 is 0 Å². The number of carbonyl (C=O) groups is 1. The molecule has 20 heavy (non-hydrogen) atoms. The first-order valence-corrected chi connectivity index (χ1v) is 6.96. The average Bonchev–Trinajstić information content (AvgIpc) is 2.83. The van der Waals surface area contributed by atoms with Crippen LogP contribution in [0.25, 0.3) is 0 Å². The Balaban J connectivity index is 1.65. The molecule has 2 aliphatic rings. The van der Waals surface area contributed by atoms with Crippen LogP contribution >= 0.6 is 0 Å². The van der Waals surface area contributed by atoms with Crippen LogP contribution in [0.3, 0.4) is 0 Å². The molecule has 2 N–H and O–H groups in total. The molecule has 1 spiro atoms. The Kier molecular flexibility index (Phi) is 3.40.